The third-order valence-electron chi connectivity index (χ3n) is 3.09. The maximum atomic E-state index is 10.9. The van der Waals surface area contributed by atoms with E-state index in [1.165, 1.54) is 32.8 Å². The molecule has 0 aromatic heterocycles. The molecule has 0 heterocycles. The van der Waals surface area contributed by atoms with Crippen LogP contribution in [0.25, 0.3) is 0 Å². The lowest BCUT2D eigenvalue weighted by molar-refractivity contribution is -0.140. The van der Waals surface area contributed by atoms with Crippen molar-refractivity contribution in [2.24, 2.45) is 0 Å². The number of unbranched alkanes of at least 4 members (excludes halogenated alkanes) is 5. The van der Waals surface area contributed by atoms with E-state index >= 15 is 0 Å². The minimum absolute atomic E-state index is 0.131. The predicted octanol–water partition coefficient (Wildman–Crippen LogP) is 5.20. The van der Waals surface area contributed by atoms with Gasteiger partial charge in [-0.2, -0.15) is 0 Å². The quantitative estimate of drug-likeness (QED) is 0.226. The minimum atomic E-state index is -0.131. The van der Waals surface area contributed by atoms with Gasteiger partial charge in [-0.1, -0.05) is 50.0 Å². The highest BCUT2D eigenvalue weighted by atomic mass is 16.5. The average molecular weight is 290 g/mol. The van der Waals surface area contributed by atoms with Crippen LogP contribution in [0.5, 0.6) is 0 Å². The van der Waals surface area contributed by atoms with Crippen molar-refractivity contribution in [3.63, 3.8) is 0 Å². The summed E-state index contributed by atoms with van der Waals surface area (Å²) in [6, 6.07) is 0. The Morgan fingerprint density at radius 3 is 2.57 bits per heavy atom. The standard InChI is InChI=1S/C19H30O2/c1-3-4-5-6-7-8-9-10-11-12-13-14-15-16-17-18-19(20)21-2/h7-8,10-11H,3-6,9,12,15-18H2,1-2H3. The monoisotopic (exact) mass is 290 g/mol. The van der Waals surface area contributed by atoms with E-state index < -0.39 is 0 Å². The van der Waals surface area contributed by atoms with Crippen LogP contribution in [0.4, 0.5) is 0 Å². The number of hydrogen-bond acceptors (Lipinski definition) is 2. The topological polar surface area (TPSA) is 26.3 Å². The van der Waals surface area contributed by atoms with E-state index in [0.29, 0.717) is 6.42 Å². The van der Waals surface area contributed by atoms with Gasteiger partial charge in [-0.05, 0) is 32.1 Å². The molecule has 21 heavy (non-hydrogen) atoms. The van der Waals surface area contributed by atoms with Gasteiger partial charge in [-0.25, -0.2) is 0 Å². The number of ether oxygens (including phenoxy) is 1. The molecule has 0 spiro atoms. The zero-order chi connectivity index (χ0) is 15.6. The number of carbonyl (C=O) groups is 1. The van der Waals surface area contributed by atoms with Crippen molar-refractivity contribution >= 4 is 5.97 Å². The van der Waals surface area contributed by atoms with Gasteiger partial charge in [0, 0.05) is 19.3 Å². The van der Waals surface area contributed by atoms with Gasteiger partial charge in [0.25, 0.3) is 0 Å². The highest BCUT2D eigenvalue weighted by Crippen LogP contribution is 2.01. The van der Waals surface area contributed by atoms with E-state index in [9.17, 15) is 4.79 Å². The predicted molar refractivity (Wildman–Crippen MR) is 89.9 cm³/mol. The van der Waals surface area contributed by atoms with Crippen LogP contribution in [0.15, 0.2) is 24.3 Å². The van der Waals surface area contributed by atoms with Crippen LogP contribution in [0.3, 0.4) is 0 Å². The van der Waals surface area contributed by atoms with E-state index in [4.69, 9.17) is 0 Å². The van der Waals surface area contributed by atoms with Gasteiger partial charge in [0.1, 0.15) is 0 Å². The van der Waals surface area contributed by atoms with Gasteiger partial charge in [-0.3, -0.25) is 4.79 Å². The van der Waals surface area contributed by atoms with Crippen LogP contribution in [-0.2, 0) is 9.53 Å². The Hall–Kier alpha value is -1.49. The molecule has 2 nitrogen and oxygen atoms in total. The number of methoxy groups -OCH3 is 1. The number of allylic oxidation sites excluding steroid dienone is 4. The molecule has 0 rings (SSSR count). The zero-order valence-electron chi connectivity index (χ0n) is 13.7. The van der Waals surface area contributed by atoms with E-state index in [-0.39, 0.29) is 5.97 Å². The third kappa shape index (κ3) is 16.5. The number of rotatable bonds is 11. The van der Waals surface area contributed by atoms with Crippen LogP contribution in [0.1, 0.15) is 71.1 Å². The van der Waals surface area contributed by atoms with Crippen molar-refractivity contribution in [2.75, 3.05) is 7.11 Å². The largest absolute Gasteiger partial charge is 0.469 e. The van der Waals surface area contributed by atoms with Crippen molar-refractivity contribution in [2.45, 2.75) is 71.1 Å². The summed E-state index contributed by atoms with van der Waals surface area (Å²) in [5, 5.41) is 0. The second kappa shape index (κ2) is 16.6. The summed E-state index contributed by atoms with van der Waals surface area (Å²) in [6.45, 7) is 2.23. The molecule has 0 saturated carbocycles. The summed E-state index contributed by atoms with van der Waals surface area (Å²) in [6.07, 6.45) is 18.9. The van der Waals surface area contributed by atoms with Crippen molar-refractivity contribution < 1.29 is 9.53 Å². The molecular formula is C19H30O2. The highest BCUT2D eigenvalue weighted by Gasteiger charge is 1.97. The van der Waals surface area contributed by atoms with E-state index in [1.807, 2.05) is 0 Å². The molecule has 0 saturated heterocycles. The number of esters is 1. The Balaban J connectivity index is 3.39. The van der Waals surface area contributed by atoms with Gasteiger partial charge in [-0.15, -0.1) is 5.92 Å². The second-order valence-corrected chi connectivity index (χ2v) is 5.02. The van der Waals surface area contributed by atoms with Crippen molar-refractivity contribution in [3.05, 3.63) is 24.3 Å². The van der Waals surface area contributed by atoms with Crippen LogP contribution in [0, 0.1) is 11.8 Å². The number of carbonyl (C=O) groups excluding carboxylic acids is 1. The summed E-state index contributed by atoms with van der Waals surface area (Å²) in [7, 11) is 1.43. The van der Waals surface area contributed by atoms with Crippen molar-refractivity contribution in [1.82, 2.24) is 0 Å². The molecule has 0 aliphatic heterocycles. The molecule has 118 valence electrons. The molecule has 0 aliphatic carbocycles. The lowest BCUT2D eigenvalue weighted by atomic mass is 10.2. The van der Waals surface area contributed by atoms with Gasteiger partial charge < -0.3 is 4.74 Å². The molecule has 0 fully saturated rings. The Bertz CT molecular complexity index is 355. The smallest absolute Gasteiger partial charge is 0.305 e. The lowest BCUT2D eigenvalue weighted by Crippen LogP contribution is -1.98. The maximum absolute atomic E-state index is 10.9. The summed E-state index contributed by atoms with van der Waals surface area (Å²) < 4.78 is 4.58. The van der Waals surface area contributed by atoms with E-state index in [1.54, 1.807) is 0 Å². The van der Waals surface area contributed by atoms with Gasteiger partial charge in [0.05, 0.1) is 7.11 Å². The van der Waals surface area contributed by atoms with Crippen LogP contribution < -0.4 is 0 Å². The van der Waals surface area contributed by atoms with Crippen molar-refractivity contribution in [1.29, 1.82) is 0 Å². The summed E-state index contributed by atoms with van der Waals surface area (Å²) in [4.78, 5) is 10.9. The Morgan fingerprint density at radius 1 is 1.00 bits per heavy atom. The van der Waals surface area contributed by atoms with Crippen LogP contribution in [0.2, 0.25) is 0 Å². The maximum Gasteiger partial charge on any atom is 0.305 e. The van der Waals surface area contributed by atoms with Crippen LogP contribution in [-0.4, -0.2) is 13.1 Å². The summed E-state index contributed by atoms with van der Waals surface area (Å²) >= 11 is 0. The summed E-state index contributed by atoms with van der Waals surface area (Å²) in [5.74, 6) is 6.13. The average Bonchev–Trinajstić information content (AvgIpc) is 2.50. The van der Waals surface area contributed by atoms with Gasteiger partial charge in [0.2, 0.25) is 0 Å². The first-order valence-corrected chi connectivity index (χ1v) is 8.13. The Labute approximate surface area is 130 Å². The molecule has 0 aromatic rings. The lowest BCUT2D eigenvalue weighted by Gasteiger charge is -1.95. The molecule has 2 heteroatoms. The molecule has 0 radical (unpaired) electrons. The van der Waals surface area contributed by atoms with Crippen molar-refractivity contribution in [3.8, 4) is 11.8 Å². The molecule has 0 atom stereocenters. The van der Waals surface area contributed by atoms with E-state index in [2.05, 4.69) is 47.8 Å². The molecule has 0 N–H and O–H groups in total. The highest BCUT2D eigenvalue weighted by molar-refractivity contribution is 5.68. The van der Waals surface area contributed by atoms with E-state index in [0.717, 1.165) is 32.1 Å². The first-order valence-electron chi connectivity index (χ1n) is 8.13. The van der Waals surface area contributed by atoms with Gasteiger partial charge >= 0.3 is 5.97 Å². The fourth-order valence-electron chi connectivity index (χ4n) is 1.79. The molecular weight excluding hydrogens is 260 g/mol. The molecule has 0 unspecified atom stereocenters. The first kappa shape index (κ1) is 19.5. The second-order valence-electron chi connectivity index (χ2n) is 5.02. The van der Waals surface area contributed by atoms with Crippen LogP contribution >= 0.6 is 0 Å². The molecule has 0 aromatic carbocycles. The number of hydrogen-bond donors (Lipinski definition) is 0. The minimum Gasteiger partial charge on any atom is -0.469 e. The first-order chi connectivity index (χ1) is 10.3. The summed E-state index contributed by atoms with van der Waals surface area (Å²) in [5.41, 5.74) is 0. The Kier molecular flexibility index (Phi) is 15.4. The molecule has 0 amide bonds. The fourth-order valence-corrected chi connectivity index (χ4v) is 1.79. The third-order valence-corrected chi connectivity index (χ3v) is 3.09. The molecule has 0 bridgehead atoms. The normalized spacial score (nSPS) is 10.8. The zero-order valence-corrected chi connectivity index (χ0v) is 13.7. The van der Waals surface area contributed by atoms with Gasteiger partial charge in [0.15, 0.2) is 0 Å². The fraction of sp³-hybridized carbons (Fsp3) is 0.632. The molecule has 0 aliphatic rings. The Morgan fingerprint density at radius 2 is 1.81 bits per heavy atom. The SMILES string of the molecule is CCCCCC=CCC=CCC#CCCCCC(=O)OC.